The molecule has 1 aliphatic carbocycles. The lowest BCUT2D eigenvalue weighted by Gasteiger charge is -2.26. The van der Waals surface area contributed by atoms with Crippen molar-refractivity contribution in [3.05, 3.63) is 29.8 Å². The number of methoxy groups -OCH3 is 1. The Morgan fingerprint density at radius 1 is 1.33 bits per heavy atom. The molecule has 2 heterocycles. The number of hydrogen-bond donors (Lipinski definition) is 0. The predicted molar refractivity (Wildman–Crippen MR) is 91.1 cm³/mol. The molecule has 1 amide bonds. The summed E-state index contributed by atoms with van der Waals surface area (Å²) in [6.45, 7) is 0.914. The number of ether oxygens (including phenoxy) is 1. The fourth-order valence-electron chi connectivity index (χ4n) is 4.24. The molecule has 1 saturated carbocycles. The Morgan fingerprint density at radius 3 is 2.92 bits per heavy atom. The van der Waals surface area contributed by atoms with Gasteiger partial charge in [-0.3, -0.25) is 4.79 Å². The highest BCUT2D eigenvalue weighted by Crippen LogP contribution is 2.36. The lowest BCUT2D eigenvalue weighted by Crippen LogP contribution is -2.42. The van der Waals surface area contributed by atoms with Crippen molar-refractivity contribution in [2.24, 2.45) is 11.1 Å². The molecule has 3 aliphatic rings. The van der Waals surface area contributed by atoms with Crippen LogP contribution >= 0.6 is 0 Å². The van der Waals surface area contributed by atoms with E-state index in [1.807, 2.05) is 24.3 Å². The Bertz CT molecular complexity index is 641. The number of oxime groups is 1. The molecule has 0 spiro atoms. The first-order valence-electron chi connectivity index (χ1n) is 8.88. The number of carbonyl (C=O) groups excluding carboxylic acids is 1. The molecule has 3 atom stereocenters. The summed E-state index contributed by atoms with van der Waals surface area (Å²) in [5.41, 5.74) is 2.10. The number of carbonyl (C=O) groups is 1. The monoisotopic (exact) mass is 328 g/mol. The van der Waals surface area contributed by atoms with Crippen LogP contribution in [0.3, 0.4) is 0 Å². The number of fused-ring (bicyclic) bond motifs is 2. The molecule has 5 heteroatoms. The zero-order valence-electron chi connectivity index (χ0n) is 14.1. The van der Waals surface area contributed by atoms with Crippen molar-refractivity contribution >= 4 is 11.6 Å². The summed E-state index contributed by atoms with van der Waals surface area (Å²) in [5.74, 6) is 1.68. The predicted octanol–water partition coefficient (Wildman–Crippen LogP) is 2.78. The van der Waals surface area contributed by atoms with Crippen LogP contribution < -0.4 is 4.74 Å². The molecule has 1 saturated heterocycles. The highest BCUT2D eigenvalue weighted by molar-refractivity contribution is 5.94. The molecule has 0 N–H and O–H groups in total. The van der Waals surface area contributed by atoms with E-state index in [1.54, 1.807) is 7.11 Å². The number of nitrogens with zero attached hydrogens (tertiary/aromatic N) is 2. The van der Waals surface area contributed by atoms with Crippen LogP contribution in [0.2, 0.25) is 0 Å². The van der Waals surface area contributed by atoms with Gasteiger partial charge in [0, 0.05) is 25.4 Å². The lowest BCUT2D eigenvalue weighted by molar-refractivity contribution is -0.143. The first-order chi connectivity index (χ1) is 11.7. The van der Waals surface area contributed by atoms with Gasteiger partial charge >= 0.3 is 0 Å². The van der Waals surface area contributed by atoms with Crippen LogP contribution in [0.25, 0.3) is 0 Å². The summed E-state index contributed by atoms with van der Waals surface area (Å²) >= 11 is 0. The zero-order valence-corrected chi connectivity index (χ0v) is 14.1. The average molecular weight is 328 g/mol. The second kappa shape index (κ2) is 6.46. The summed E-state index contributed by atoms with van der Waals surface area (Å²) in [5, 5.41) is 4.17. The Kier molecular flexibility index (Phi) is 4.17. The molecule has 128 valence electrons. The average Bonchev–Trinajstić information content (AvgIpc) is 3.19. The van der Waals surface area contributed by atoms with Crippen molar-refractivity contribution in [2.45, 2.75) is 50.7 Å². The maximum absolute atomic E-state index is 12.8. The summed E-state index contributed by atoms with van der Waals surface area (Å²) in [6, 6.07) is 8.38. The fourth-order valence-corrected chi connectivity index (χ4v) is 4.24. The highest BCUT2D eigenvalue weighted by Gasteiger charge is 2.42. The van der Waals surface area contributed by atoms with E-state index in [2.05, 4.69) is 10.1 Å². The van der Waals surface area contributed by atoms with Gasteiger partial charge in [0.1, 0.15) is 5.75 Å². The van der Waals surface area contributed by atoms with Gasteiger partial charge in [0.15, 0.2) is 0 Å². The zero-order chi connectivity index (χ0) is 16.5. The quantitative estimate of drug-likeness (QED) is 0.854. The van der Waals surface area contributed by atoms with Gasteiger partial charge in [-0.15, -0.1) is 0 Å². The molecule has 5 nitrogen and oxygen atoms in total. The molecule has 0 radical (unpaired) electrons. The summed E-state index contributed by atoms with van der Waals surface area (Å²) < 4.78 is 5.17. The number of rotatable bonds is 4. The van der Waals surface area contributed by atoms with Gasteiger partial charge in [-0.2, -0.15) is 0 Å². The first kappa shape index (κ1) is 15.5. The van der Waals surface area contributed by atoms with E-state index in [0.29, 0.717) is 18.4 Å². The summed E-state index contributed by atoms with van der Waals surface area (Å²) in [7, 11) is 1.66. The molecule has 0 aromatic heterocycles. The summed E-state index contributed by atoms with van der Waals surface area (Å²) in [4.78, 5) is 20.3. The maximum atomic E-state index is 12.8. The number of likely N-dealkylation sites (tertiary alicyclic amines) is 1. The topological polar surface area (TPSA) is 51.1 Å². The third-order valence-corrected chi connectivity index (χ3v) is 5.51. The molecular weight excluding hydrogens is 304 g/mol. The lowest BCUT2D eigenvalue weighted by atomic mass is 9.90. The Balaban J connectivity index is 1.34. The van der Waals surface area contributed by atoms with Crippen molar-refractivity contribution in [1.82, 2.24) is 4.90 Å². The summed E-state index contributed by atoms with van der Waals surface area (Å²) in [6.07, 6.45) is 5.76. The SMILES string of the molecule is COc1ccc(CC2=NOC(C(=O)N3CC4CCCC3C4)C2)cc1. The Labute approximate surface area is 142 Å². The molecule has 24 heavy (non-hydrogen) atoms. The van der Waals surface area contributed by atoms with Gasteiger partial charge in [0.05, 0.1) is 12.8 Å². The van der Waals surface area contributed by atoms with Crippen LogP contribution in [0.5, 0.6) is 5.75 Å². The highest BCUT2D eigenvalue weighted by atomic mass is 16.6. The van der Waals surface area contributed by atoms with Crippen molar-refractivity contribution in [2.75, 3.05) is 13.7 Å². The van der Waals surface area contributed by atoms with Crippen LogP contribution in [0.15, 0.2) is 29.4 Å². The van der Waals surface area contributed by atoms with Crippen molar-refractivity contribution in [1.29, 1.82) is 0 Å². The van der Waals surface area contributed by atoms with Gasteiger partial charge in [-0.1, -0.05) is 23.7 Å². The van der Waals surface area contributed by atoms with Gasteiger partial charge < -0.3 is 14.5 Å². The van der Waals surface area contributed by atoms with Crippen LogP contribution in [0.1, 0.15) is 37.7 Å². The van der Waals surface area contributed by atoms with E-state index in [9.17, 15) is 4.79 Å². The molecule has 3 unspecified atom stereocenters. The third kappa shape index (κ3) is 2.99. The standard InChI is InChI=1S/C19H24N2O3/c1-23-17-7-5-13(6-8-17)9-15-11-18(24-20-15)19(22)21-12-14-3-2-4-16(21)10-14/h5-8,14,16,18H,2-4,9-12H2,1H3. The largest absolute Gasteiger partial charge is 0.497 e. The normalized spacial score (nSPS) is 28.5. The van der Waals surface area contributed by atoms with E-state index in [0.717, 1.165) is 36.4 Å². The van der Waals surface area contributed by atoms with Gasteiger partial charge in [0.25, 0.3) is 5.91 Å². The van der Waals surface area contributed by atoms with E-state index in [-0.39, 0.29) is 5.91 Å². The number of amides is 1. The second-order valence-electron chi connectivity index (χ2n) is 7.16. The fraction of sp³-hybridized carbons (Fsp3) is 0.579. The number of hydrogen-bond acceptors (Lipinski definition) is 4. The van der Waals surface area contributed by atoms with Crippen LogP contribution in [0, 0.1) is 5.92 Å². The first-order valence-corrected chi connectivity index (χ1v) is 8.88. The van der Waals surface area contributed by atoms with Crippen LogP contribution in [-0.4, -0.2) is 42.3 Å². The molecule has 1 aromatic rings. The molecule has 2 bridgehead atoms. The van der Waals surface area contributed by atoms with Crippen LogP contribution in [-0.2, 0) is 16.1 Å². The Hall–Kier alpha value is -2.04. The third-order valence-electron chi connectivity index (χ3n) is 5.51. The second-order valence-corrected chi connectivity index (χ2v) is 7.16. The van der Waals surface area contributed by atoms with Gasteiger partial charge in [0.2, 0.25) is 6.10 Å². The minimum atomic E-state index is -0.419. The smallest absolute Gasteiger partial charge is 0.267 e. The maximum Gasteiger partial charge on any atom is 0.267 e. The molecule has 4 rings (SSSR count). The van der Waals surface area contributed by atoms with E-state index < -0.39 is 6.10 Å². The Morgan fingerprint density at radius 2 is 2.17 bits per heavy atom. The van der Waals surface area contributed by atoms with Crippen molar-refractivity contribution in [3.63, 3.8) is 0 Å². The van der Waals surface area contributed by atoms with Crippen LogP contribution in [0.4, 0.5) is 0 Å². The number of benzene rings is 1. The van der Waals surface area contributed by atoms with E-state index in [1.165, 1.54) is 19.3 Å². The molecule has 2 fully saturated rings. The van der Waals surface area contributed by atoms with Crippen molar-refractivity contribution < 1.29 is 14.4 Å². The van der Waals surface area contributed by atoms with E-state index >= 15 is 0 Å². The molecular formula is C19H24N2O3. The van der Waals surface area contributed by atoms with Gasteiger partial charge in [-0.25, -0.2) is 0 Å². The minimum absolute atomic E-state index is 0.137. The van der Waals surface area contributed by atoms with Crippen molar-refractivity contribution in [3.8, 4) is 5.75 Å². The molecule has 2 aliphatic heterocycles. The minimum Gasteiger partial charge on any atom is -0.497 e. The molecule has 1 aromatic carbocycles. The van der Waals surface area contributed by atoms with E-state index in [4.69, 9.17) is 9.57 Å². The van der Waals surface area contributed by atoms with Gasteiger partial charge in [-0.05, 0) is 42.9 Å².